The highest BCUT2D eigenvalue weighted by atomic mass is 16.5. The number of β-amino-alcohol motifs (C(OH)–C–C–N with tert-alkyl or cyclic N) is 1. The van der Waals surface area contributed by atoms with E-state index in [-0.39, 0.29) is 12.1 Å². The summed E-state index contributed by atoms with van der Waals surface area (Å²) >= 11 is 0. The minimum absolute atomic E-state index is 0.189. The lowest BCUT2D eigenvalue weighted by atomic mass is 10.1. The van der Waals surface area contributed by atoms with Crippen LogP contribution in [0.15, 0.2) is 48.5 Å². The number of methoxy groups -OCH3 is 1. The second-order valence-corrected chi connectivity index (χ2v) is 7.74. The van der Waals surface area contributed by atoms with Crippen molar-refractivity contribution in [1.29, 1.82) is 0 Å². The summed E-state index contributed by atoms with van der Waals surface area (Å²) in [6.45, 7) is 6.17. The topological polar surface area (TPSA) is 54.4 Å². The van der Waals surface area contributed by atoms with E-state index < -0.39 is 0 Å². The second kappa shape index (κ2) is 9.59. The van der Waals surface area contributed by atoms with E-state index in [2.05, 4.69) is 15.9 Å². The fraction of sp³-hybridized carbons (Fsp3) is 0.478. The van der Waals surface area contributed by atoms with Crippen molar-refractivity contribution in [3.05, 3.63) is 59.7 Å². The summed E-state index contributed by atoms with van der Waals surface area (Å²) in [5.41, 5.74) is 2.28. The van der Waals surface area contributed by atoms with E-state index in [0.29, 0.717) is 13.2 Å². The Morgan fingerprint density at radius 3 is 2.55 bits per heavy atom. The summed E-state index contributed by atoms with van der Waals surface area (Å²) in [5.74, 6) is 1.48. The number of likely N-dealkylation sites (tertiary alicyclic amines) is 1. The van der Waals surface area contributed by atoms with Crippen molar-refractivity contribution in [2.45, 2.75) is 25.3 Å². The maximum Gasteiger partial charge on any atom is 0.161 e. The first-order valence-electron chi connectivity index (χ1n) is 10.3. The molecule has 29 heavy (non-hydrogen) atoms. The fourth-order valence-electron chi connectivity index (χ4n) is 4.17. The van der Waals surface area contributed by atoms with Gasteiger partial charge in [-0.1, -0.05) is 36.4 Å². The normalized spacial score (nSPS) is 23.2. The lowest BCUT2D eigenvalue weighted by Crippen LogP contribution is -2.48. The maximum absolute atomic E-state index is 10.5. The van der Waals surface area contributed by atoms with Crippen molar-refractivity contribution in [2.24, 2.45) is 0 Å². The minimum atomic E-state index is -0.316. The number of hydrogen-bond donors (Lipinski definition) is 1. The van der Waals surface area contributed by atoms with Gasteiger partial charge in [-0.2, -0.15) is 0 Å². The van der Waals surface area contributed by atoms with E-state index in [9.17, 15) is 5.11 Å². The SMILES string of the molecule is COc1cc(CN2C[C@H](O)[C@@H](N3CCOCC3)C2)ccc1OCc1ccccc1. The van der Waals surface area contributed by atoms with Gasteiger partial charge in [0.25, 0.3) is 0 Å². The molecular weight excluding hydrogens is 368 g/mol. The number of aliphatic hydroxyl groups is 1. The average Bonchev–Trinajstić information content (AvgIpc) is 3.14. The molecule has 2 aromatic carbocycles. The summed E-state index contributed by atoms with van der Waals surface area (Å²) in [5, 5.41) is 10.5. The lowest BCUT2D eigenvalue weighted by Gasteiger charge is -2.33. The first kappa shape index (κ1) is 20.2. The van der Waals surface area contributed by atoms with Crippen LogP contribution in [-0.2, 0) is 17.9 Å². The summed E-state index contributed by atoms with van der Waals surface area (Å²) in [6, 6.07) is 16.4. The molecule has 0 spiro atoms. The third-order valence-electron chi connectivity index (χ3n) is 5.72. The summed E-state index contributed by atoms with van der Waals surface area (Å²) in [6.07, 6.45) is -0.316. The molecule has 2 aromatic rings. The monoisotopic (exact) mass is 398 g/mol. The minimum Gasteiger partial charge on any atom is -0.493 e. The molecule has 0 bridgehead atoms. The molecule has 2 aliphatic rings. The standard InChI is InChI=1S/C23H30N2O4/c1-27-23-13-19(7-8-22(23)29-17-18-5-3-2-4-6-18)14-24-15-20(21(26)16-24)25-9-11-28-12-10-25/h2-8,13,20-21,26H,9-12,14-17H2,1H3/t20-,21-/m0/s1. The van der Waals surface area contributed by atoms with Crippen LogP contribution in [-0.4, -0.2) is 73.6 Å². The molecule has 0 radical (unpaired) electrons. The Morgan fingerprint density at radius 1 is 1.00 bits per heavy atom. The van der Waals surface area contributed by atoms with Crippen LogP contribution in [0, 0.1) is 0 Å². The molecule has 0 aromatic heterocycles. The Kier molecular flexibility index (Phi) is 6.67. The Bertz CT molecular complexity index is 780. The third-order valence-corrected chi connectivity index (χ3v) is 5.72. The smallest absolute Gasteiger partial charge is 0.161 e. The zero-order valence-electron chi connectivity index (χ0n) is 17.0. The molecule has 0 amide bonds. The van der Waals surface area contributed by atoms with E-state index >= 15 is 0 Å². The number of hydrogen-bond acceptors (Lipinski definition) is 6. The molecule has 0 unspecified atom stereocenters. The highest BCUT2D eigenvalue weighted by Gasteiger charge is 2.35. The molecule has 0 saturated carbocycles. The molecule has 4 rings (SSSR count). The molecular formula is C23H30N2O4. The van der Waals surface area contributed by atoms with Gasteiger partial charge in [-0.15, -0.1) is 0 Å². The van der Waals surface area contributed by atoms with Gasteiger partial charge in [-0.05, 0) is 23.3 Å². The van der Waals surface area contributed by atoms with Crippen LogP contribution < -0.4 is 9.47 Å². The molecule has 6 heteroatoms. The lowest BCUT2D eigenvalue weighted by molar-refractivity contribution is -0.00618. The van der Waals surface area contributed by atoms with Crippen molar-refractivity contribution < 1.29 is 19.3 Å². The fourth-order valence-corrected chi connectivity index (χ4v) is 4.17. The average molecular weight is 399 g/mol. The Balaban J connectivity index is 1.36. The molecule has 2 aliphatic heterocycles. The van der Waals surface area contributed by atoms with E-state index in [0.717, 1.165) is 62.0 Å². The molecule has 0 aliphatic carbocycles. The predicted molar refractivity (Wildman–Crippen MR) is 111 cm³/mol. The van der Waals surface area contributed by atoms with Gasteiger partial charge in [0.15, 0.2) is 11.5 Å². The van der Waals surface area contributed by atoms with E-state index in [4.69, 9.17) is 14.2 Å². The first-order valence-corrected chi connectivity index (χ1v) is 10.3. The van der Waals surface area contributed by atoms with Gasteiger partial charge in [-0.3, -0.25) is 9.80 Å². The molecule has 2 fully saturated rings. The Labute approximate surface area is 172 Å². The van der Waals surface area contributed by atoms with Crippen molar-refractivity contribution in [3.8, 4) is 11.5 Å². The van der Waals surface area contributed by atoms with Crippen LogP contribution in [0.4, 0.5) is 0 Å². The number of rotatable bonds is 7. The van der Waals surface area contributed by atoms with Crippen LogP contribution >= 0.6 is 0 Å². The summed E-state index contributed by atoms with van der Waals surface area (Å²) < 4.78 is 17.0. The highest BCUT2D eigenvalue weighted by molar-refractivity contribution is 5.43. The van der Waals surface area contributed by atoms with E-state index in [1.807, 2.05) is 42.5 Å². The maximum atomic E-state index is 10.5. The quantitative estimate of drug-likeness (QED) is 0.771. The van der Waals surface area contributed by atoms with E-state index in [1.165, 1.54) is 0 Å². The van der Waals surface area contributed by atoms with Gasteiger partial charge in [0.2, 0.25) is 0 Å². The number of aliphatic hydroxyl groups excluding tert-OH is 1. The number of ether oxygens (including phenoxy) is 3. The van der Waals surface area contributed by atoms with Crippen LogP contribution in [0.3, 0.4) is 0 Å². The van der Waals surface area contributed by atoms with Crippen LogP contribution in [0.5, 0.6) is 11.5 Å². The zero-order valence-corrected chi connectivity index (χ0v) is 17.0. The van der Waals surface area contributed by atoms with Crippen molar-refractivity contribution in [3.63, 3.8) is 0 Å². The highest BCUT2D eigenvalue weighted by Crippen LogP contribution is 2.30. The van der Waals surface area contributed by atoms with Gasteiger partial charge in [-0.25, -0.2) is 0 Å². The number of morpholine rings is 1. The van der Waals surface area contributed by atoms with Crippen LogP contribution in [0.25, 0.3) is 0 Å². The second-order valence-electron chi connectivity index (χ2n) is 7.74. The molecule has 2 saturated heterocycles. The van der Waals surface area contributed by atoms with Gasteiger partial charge in [0.1, 0.15) is 6.61 Å². The Morgan fingerprint density at radius 2 is 1.79 bits per heavy atom. The van der Waals surface area contributed by atoms with Gasteiger partial charge >= 0.3 is 0 Å². The molecule has 2 atom stereocenters. The van der Waals surface area contributed by atoms with Gasteiger partial charge < -0.3 is 19.3 Å². The van der Waals surface area contributed by atoms with Crippen molar-refractivity contribution >= 4 is 0 Å². The molecule has 6 nitrogen and oxygen atoms in total. The Hall–Kier alpha value is -2.12. The van der Waals surface area contributed by atoms with Crippen molar-refractivity contribution in [2.75, 3.05) is 46.5 Å². The van der Waals surface area contributed by atoms with Gasteiger partial charge in [0.05, 0.1) is 26.4 Å². The molecule has 156 valence electrons. The summed E-state index contributed by atoms with van der Waals surface area (Å²) in [7, 11) is 1.67. The first-order chi connectivity index (χ1) is 14.2. The van der Waals surface area contributed by atoms with Crippen molar-refractivity contribution in [1.82, 2.24) is 9.80 Å². The molecule has 2 heterocycles. The summed E-state index contributed by atoms with van der Waals surface area (Å²) in [4.78, 5) is 4.67. The van der Waals surface area contributed by atoms with Crippen LogP contribution in [0.1, 0.15) is 11.1 Å². The van der Waals surface area contributed by atoms with E-state index in [1.54, 1.807) is 7.11 Å². The number of nitrogens with zero attached hydrogens (tertiary/aromatic N) is 2. The predicted octanol–water partition coefficient (Wildman–Crippen LogP) is 2.15. The third kappa shape index (κ3) is 5.08. The zero-order chi connectivity index (χ0) is 20.1. The number of benzene rings is 2. The largest absolute Gasteiger partial charge is 0.493 e. The van der Waals surface area contributed by atoms with Crippen LogP contribution in [0.2, 0.25) is 0 Å². The van der Waals surface area contributed by atoms with Gasteiger partial charge in [0, 0.05) is 38.8 Å². The molecule has 1 N–H and O–H groups in total.